The molecule has 1 fully saturated rings. The Morgan fingerprint density at radius 3 is 2.86 bits per heavy atom. The molecule has 7 heteroatoms. The zero-order valence-electron chi connectivity index (χ0n) is 11.2. The van der Waals surface area contributed by atoms with Crippen molar-refractivity contribution in [3.05, 3.63) is 62.7 Å². The summed E-state index contributed by atoms with van der Waals surface area (Å²) < 4.78 is 1.66. The lowest BCUT2D eigenvalue weighted by atomic mass is 10.2. The third kappa shape index (κ3) is 2.76. The van der Waals surface area contributed by atoms with Crippen molar-refractivity contribution in [2.75, 3.05) is 5.32 Å². The highest BCUT2D eigenvalue weighted by molar-refractivity contribution is 5.43. The van der Waals surface area contributed by atoms with Crippen molar-refractivity contribution in [3.8, 4) is 0 Å². The molecule has 2 aromatic rings. The van der Waals surface area contributed by atoms with Gasteiger partial charge in [0.2, 0.25) is 0 Å². The summed E-state index contributed by atoms with van der Waals surface area (Å²) in [4.78, 5) is 26.7. The first-order valence-electron chi connectivity index (χ1n) is 6.70. The third-order valence-corrected chi connectivity index (χ3v) is 3.44. The summed E-state index contributed by atoms with van der Waals surface area (Å²) in [7, 11) is 0. The molecule has 108 valence electrons. The number of nitro groups is 1. The van der Waals surface area contributed by atoms with Gasteiger partial charge in [0.25, 0.3) is 11.2 Å². The molecule has 1 aliphatic carbocycles. The fourth-order valence-corrected chi connectivity index (χ4v) is 2.20. The van der Waals surface area contributed by atoms with E-state index in [1.165, 1.54) is 6.07 Å². The largest absolute Gasteiger partial charge is 0.361 e. The van der Waals surface area contributed by atoms with Gasteiger partial charge in [-0.1, -0.05) is 18.2 Å². The fourth-order valence-electron chi connectivity index (χ4n) is 2.20. The van der Waals surface area contributed by atoms with Crippen LogP contribution in [0, 0.1) is 10.1 Å². The Bertz CT molecular complexity index is 737. The van der Waals surface area contributed by atoms with Gasteiger partial charge in [-0.3, -0.25) is 14.9 Å². The first kappa shape index (κ1) is 13.3. The number of aromatic nitrogens is 2. The van der Waals surface area contributed by atoms with E-state index in [4.69, 9.17) is 0 Å². The van der Waals surface area contributed by atoms with Gasteiger partial charge in [-0.25, -0.2) is 4.98 Å². The molecule has 3 rings (SSSR count). The normalized spacial score (nSPS) is 13.9. The van der Waals surface area contributed by atoms with Crippen molar-refractivity contribution in [2.45, 2.75) is 25.4 Å². The molecule has 1 aliphatic rings. The lowest BCUT2D eigenvalue weighted by Crippen LogP contribution is -2.23. The minimum absolute atomic E-state index is 0.0310. The van der Waals surface area contributed by atoms with Crippen LogP contribution in [0.25, 0.3) is 0 Å². The predicted octanol–water partition coefficient (Wildman–Crippen LogP) is 2.10. The van der Waals surface area contributed by atoms with Crippen LogP contribution in [-0.2, 0) is 6.54 Å². The maximum Gasteiger partial charge on any atom is 0.293 e. The highest BCUT2D eigenvalue weighted by Crippen LogP contribution is 2.33. The number of para-hydroxylation sites is 1. The summed E-state index contributed by atoms with van der Waals surface area (Å²) in [6.45, 7) is 0.189. The predicted molar refractivity (Wildman–Crippen MR) is 77.2 cm³/mol. The molecule has 0 radical (unpaired) electrons. The van der Waals surface area contributed by atoms with Gasteiger partial charge in [0.15, 0.2) is 5.82 Å². The topological polar surface area (TPSA) is 90.1 Å². The van der Waals surface area contributed by atoms with Crippen molar-refractivity contribution in [1.82, 2.24) is 9.55 Å². The first-order valence-corrected chi connectivity index (χ1v) is 6.70. The van der Waals surface area contributed by atoms with Crippen LogP contribution in [0.5, 0.6) is 0 Å². The van der Waals surface area contributed by atoms with Gasteiger partial charge in [-0.05, 0) is 12.8 Å². The van der Waals surface area contributed by atoms with Gasteiger partial charge in [0.1, 0.15) is 0 Å². The Morgan fingerprint density at radius 2 is 2.14 bits per heavy atom. The smallest absolute Gasteiger partial charge is 0.293 e. The van der Waals surface area contributed by atoms with Crippen LogP contribution in [0.4, 0.5) is 11.5 Å². The number of nitrogens with one attached hydrogen (secondary N) is 1. The number of hydrogen-bond acceptors (Lipinski definition) is 5. The van der Waals surface area contributed by atoms with E-state index in [-0.39, 0.29) is 29.7 Å². The van der Waals surface area contributed by atoms with E-state index < -0.39 is 4.92 Å². The molecule has 1 aromatic carbocycles. The SMILES string of the molecule is O=c1c(NCc2ccccc2[N+](=O)[O-])nccn1C1CC1. The van der Waals surface area contributed by atoms with Gasteiger partial charge in [-0.2, -0.15) is 0 Å². The number of rotatable bonds is 5. The zero-order valence-corrected chi connectivity index (χ0v) is 11.2. The molecule has 0 aliphatic heterocycles. The minimum atomic E-state index is -0.433. The lowest BCUT2D eigenvalue weighted by Gasteiger charge is -2.08. The number of hydrogen-bond donors (Lipinski definition) is 1. The van der Waals surface area contributed by atoms with Gasteiger partial charge in [0.05, 0.1) is 4.92 Å². The van der Waals surface area contributed by atoms with Crippen molar-refractivity contribution in [2.24, 2.45) is 0 Å². The Morgan fingerprint density at radius 1 is 1.38 bits per heavy atom. The average molecular weight is 286 g/mol. The van der Waals surface area contributed by atoms with Crippen molar-refractivity contribution >= 4 is 11.5 Å². The molecule has 0 bridgehead atoms. The maximum absolute atomic E-state index is 12.2. The minimum Gasteiger partial charge on any atom is -0.361 e. The van der Waals surface area contributed by atoms with Gasteiger partial charge in [-0.15, -0.1) is 0 Å². The monoisotopic (exact) mass is 286 g/mol. The van der Waals surface area contributed by atoms with Gasteiger partial charge >= 0.3 is 0 Å². The van der Waals surface area contributed by atoms with Crippen LogP contribution in [0.2, 0.25) is 0 Å². The molecule has 0 unspecified atom stereocenters. The van der Waals surface area contributed by atoms with E-state index in [0.717, 1.165) is 12.8 Å². The Kier molecular flexibility index (Phi) is 3.39. The molecule has 0 saturated heterocycles. The highest BCUT2D eigenvalue weighted by Gasteiger charge is 2.25. The van der Waals surface area contributed by atoms with Gasteiger partial charge in [0, 0.05) is 36.6 Å². The van der Waals surface area contributed by atoms with E-state index in [1.54, 1.807) is 35.2 Å². The van der Waals surface area contributed by atoms with E-state index in [1.807, 2.05) is 0 Å². The van der Waals surface area contributed by atoms with Crippen LogP contribution in [0.3, 0.4) is 0 Å². The second kappa shape index (κ2) is 5.35. The van der Waals surface area contributed by atoms with Crippen LogP contribution in [0.1, 0.15) is 24.4 Å². The van der Waals surface area contributed by atoms with E-state index in [9.17, 15) is 14.9 Å². The molecular weight excluding hydrogens is 272 g/mol. The average Bonchev–Trinajstić information content (AvgIpc) is 3.31. The summed E-state index contributed by atoms with van der Waals surface area (Å²) in [5.74, 6) is 0.225. The fraction of sp³-hybridized carbons (Fsp3) is 0.286. The van der Waals surface area contributed by atoms with Crippen molar-refractivity contribution in [3.63, 3.8) is 0 Å². The number of nitrogens with zero attached hydrogens (tertiary/aromatic N) is 3. The molecule has 7 nitrogen and oxygen atoms in total. The molecule has 1 heterocycles. The molecule has 0 atom stereocenters. The Balaban J connectivity index is 1.81. The maximum atomic E-state index is 12.2. The standard InChI is InChI=1S/C14H14N4O3/c19-14-13(15-7-8-17(14)11-5-6-11)16-9-10-3-1-2-4-12(10)18(20)21/h1-4,7-8,11H,5-6,9H2,(H,15,16). The molecule has 21 heavy (non-hydrogen) atoms. The third-order valence-electron chi connectivity index (χ3n) is 3.44. The number of benzene rings is 1. The van der Waals surface area contributed by atoms with Crippen molar-refractivity contribution in [1.29, 1.82) is 0 Å². The van der Waals surface area contributed by atoms with Crippen molar-refractivity contribution < 1.29 is 4.92 Å². The van der Waals surface area contributed by atoms with Gasteiger partial charge < -0.3 is 9.88 Å². The van der Waals surface area contributed by atoms with E-state index in [2.05, 4.69) is 10.3 Å². The quantitative estimate of drug-likeness (QED) is 0.671. The second-order valence-electron chi connectivity index (χ2n) is 4.96. The molecule has 0 spiro atoms. The zero-order chi connectivity index (χ0) is 14.8. The molecular formula is C14H14N4O3. The van der Waals surface area contributed by atoms with Crippen LogP contribution in [0.15, 0.2) is 41.5 Å². The summed E-state index contributed by atoms with van der Waals surface area (Å²) in [5, 5.41) is 13.8. The molecule has 1 N–H and O–H groups in total. The Hall–Kier alpha value is -2.70. The summed E-state index contributed by atoms with van der Waals surface area (Å²) in [6, 6.07) is 6.71. The van der Waals surface area contributed by atoms with E-state index in [0.29, 0.717) is 5.56 Å². The molecule has 1 aromatic heterocycles. The summed E-state index contributed by atoms with van der Waals surface area (Å²) in [5.41, 5.74) is 0.368. The second-order valence-corrected chi connectivity index (χ2v) is 4.96. The van der Waals surface area contributed by atoms with E-state index >= 15 is 0 Å². The summed E-state index contributed by atoms with van der Waals surface area (Å²) in [6.07, 6.45) is 5.26. The first-order chi connectivity index (χ1) is 10.2. The van der Waals surface area contributed by atoms with Crippen LogP contribution >= 0.6 is 0 Å². The lowest BCUT2D eigenvalue weighted by molar-refractivity contribution is -0.385. The van der Waals surface area contributed by atoms with Crippen LogP contribution in [-0.4, -0.2) is 14.5 Å². The molecule has 1 saturated carbocycles. The highest BCUT2D eigenvalue weighted by atomic mass is 16.6. The number of anilines is 1. The number of nitro benzene ring substituents is 1. The summed E-state index contributed by atoms with van der Waals surface area (Å²) >= 11 is 0. The van der Waals surface area contributed by atoms with Crippen LogP contribution < -0.4 is 10.9 Å². The Labute approximate surface area is 120 Å². The molecule has 0 amide bonds.